The highest BCUT2D eigenvalue weighted by atomic mass is 35.5. The number of aliphatic hydroxyl groups excluding tert-OH is 1. The molecule has 2 heterocycles. The Morgan fingerprint density at radius 1 is 1.22 bits per heavy atom. The summed E-state index contributed by atoms with van der Waals surface area (Å²) in [5.41, 5.74) is 1.48. The SMILES string of the molecule is COc1cc(OC)c(Cl)c(N2Cc3cnc(Cl)nc3N(CC3CC3)C2O)c1. The third-order valence-corrected chi connectivity index (χ3v) is 5.45. The number of hydrogen-bond acceptors (Lipinski definition) is 7. The predicted octanol–water partition coefficient (Wildman–Crippen LogP) is 3.31. The summed E-state index contributed by atoms with van der Waals surface area (Å²) in [7, 11) is 3.12. The molecular formula is C18H20Cl2N4O3. The van der Waals surface area contributed by atoms with E-state index in [0.29, 0.717) is 47.0 Å². The number of benzene rings is 1. The maximum absolute atomic E-state index is 11.2. The zero-order chi connectivity index (χ0) is 19.1. The van der Waals surface area contributed by atoms with Crippen LogP contribution in [-0.4, -0.2) is 42.2 Å². The van der Waals surface area contributed by atoms with Crippen molar-refractivity contribution in [3.05, 3.63) is 34.2 Å². The second-order valence-electron chi connectivity index (χ2n) is 6.72. The molecule has 0 spiro atoms. The molecule has 1 saturated carbocycles. The zero-order valence-corrected chi connectivity index (χ0v) is 16.5. The van der Waals surface area contributed by atoms with E-state index in [0.717, 1.165) is 18.4 Å². The van der Waals surface area contributed by atoms with Crippen molar-refractivity contribution in [2.75, 3.05) is 30.6 Å². The average Bonchev–Trinajstić information content (AvgIpc) is 3.49. The fourth-order valence-electron chi connectivity index (χ4n) is 3.28. The molecule has 1 aliphatic carbocycles. The van der Waals surface area contributed by atoms with Crippen molar-refractivity contribution in [1.82, 2.24) is 9.97 Å². The first-order valence-electron chi connectivity index (χ1n) is 8.66. The van der Waals surface area contributed by atoms with Gasteiger partial charge in [-0.3, -0.25) is 0 Å². The van der Waals surface area contributed by atoms with Crippen LogP contribution in [0.5, 0.6) is 11.5 Å². The lowest BCUT2D eigenvalue weighted by atomic mass is 10.1. The topological polar surface area (TPSA) is 71.0 Å². The van der Waals surface area contributed by atoms with Crippen molar-refractivity contribution in [3.8, 4) is 11.5 Å². The first kappa shape index (κ1) is 18.4. The fourth-order valence-corrected chi connectivity index (χ4v) is 3.71. The van der Waals surface area contributed by atoms with Crippen LogP contribution in [-0.2, 0) is 6.54 Å². The van der Waals surface area contributed by atoms with E-state index in [-0.39, 0.29) is 5.28 Å². The fraction of sp³-hybridized carbons (Fsp3) is 0.444. The highest BCUT2D eigenvalue weighted by Crippen LogP contribution is 2.43. The molecule has 9 heteroatoms. The van der Waals surface area contributed by atoms with E-state index in [4.69, 9.17) is 32.7 Å². The summed E-state index contributed by atoms with van der Waals surface area (Å²) >= 11 is 12.6. The van der Waals surface area contributed by atoms with Gasteiger partial charge in [-0.05, 0) is 30.4 Å². The molecule has 7 nitrogen and oxygen atoms in total. The van der Waals surface area contributed by atoms with Gasteiger partial charge in [0.25, 0.3) is 0 Å². The lowest BCUT2D eigenvalue weighted by molar-refractivity contribution is 0.152. The maximum atomic E-state index is 11.2. The molecular weight excluding hydrogens is 391 g/mol. The van der Waals surface area contributed by atoms with Crippen molar-refractivity contribution in [2.24, 2.45) is 5.92 Å². The van der Waals surface area contributed by atoms with E-state index in [1.165, 1.54) is 0 Å². The van der Waals surface area contributed by atoms with Gasteiger partial charge >= 0.3 is 0 Å². The Labute approximate surface area is 167 Å². The highest BCUT2D eigenvalue weighted by Gasteiger charge is 2.37. The van der Waals surface area contributed by atoms with Crippen molar-refractivity contribution >= 4 is 34.7 Å². The maximum Gasteiger partial charge on any atom is 0.224 e. The average molecular weight is 411 g/mol. The Morgan fingerprint density at radius 3 is 2.67 bits per heavy atom. The monoisotopic (exact) mass is 410 g/mol. The Morgan fingerprint density at radius 2 is 2.00 bits per heavy atom. The molecule has 27 heavy (non-hydrogen) atoms. The van der Waals surface area contributed by atoms with Gasteiger partial charge in [-0.15, -0.1) is 0 Å². The van der Waals surface area contributed by atoms with E-state index in [2.05, 4.69) is 9.97 Å². The van der Waals surface area contributed by atoms with E-state index < -0.39 is 6.35 Å². The molecule has 1 N–H and O–H groups in total. The number of ether oxygens (including phenoxy) is 2. The molecule has 4 rings (SSSR count). The van der Waals surface area contributed by atoms with Gasteiger partial charge in [0.15, 0.2) is 0 Å². The van der Waals surface area contributed by atoms with Crippen LogP contribution >= 0.6 is 23.2 Å². The van der Waals surface area contributed by atoms with Crippen LogP contribution < -0.4 is 19.3 Å². The molecule has 1 fully saturated rings. The van der Waals surface area contributed by atoms with Gasteiger partial charge in [-0.1, -0.05) is 11.6 Å². The summed E-state index contributed by atoms with van der Waals surface area (Å²) in [6, 6.07) is 3.49. The number of anilines is 2. The van der Waals surface area contributed by atoms with Gasteiger partial charge in [0, 0.05) is 30.4 Å². The van der Waals surface area contributed by atoms with Gasteiger partial charge < -0.3 is 24.4 Å². The van der Waals surface area contributed by atoms with Gasteiger partial charge in [0.2, 0.25) is 11.6 Å². The third kappa shape index (κ3) is 3.47. The van der Waals surface area contributed by atoms with Gasteiger partial charge in [0.1, 0.15) is 22.3 Å². The van der Waals surface area contributed by atoms with Crippen LogP contribution in [0.4, 0.5) is 11.5 Å². The van der Waals surface area contributed by atoms with E-state index >= 15 is 0 Å². The number of aliphatic hydroxyl groups is 1. The summed E-state index contributed by atoms with van der Waals surface area (Å²) in [6.07, 6.45) is 3.03. The Balaban J connectivity index is 1.79. The van der Waals surface area contributed by atoms with E-state index in [9.17, 15) is 5.11 Å². The largest absolute Gasteiger partial charge is 0.497 e. The molecule has 1 unspecified atom stereocenters. The first-order valence-corrected chi connectivity index (χ1v) is 9.41. The van der Waals surface area contributed by atoms with Gasteiger partial charge in [-0.25, -0.2) is 9.97 Å². The standard InChI is InChI=1S/C18H20Cl2N4O3/c1-26-12-5-13(15(19)14(6-12)27-2)23-9-11-7-21-17(20)22-16(11)24(18(23)25)8-10-3-4-10/h5-7,10,18,25H,3-4,8-9H2,1-2H3. The minimum Gasteiger partial charge on any atom is -0.497 e. The lowest BCUT2D eigenvalue weighted by Crippen LogP contribution is -2.53. The number of methoxy groups -OCH3 is 2. The minimum atomic E-state index is -0.946. The van der Waals surface area contributed by atoms with Gasteiger partial charge in [0.05, 0.1) is 26.5 Å². The molecule has 1 aromatic heterocycles. The smallest absolute Gasteiger partial charge is 0.224 e. The summed E-state index contributed by atoms with van der Waals surface area (Å²) in [4.78, 5) is 12.1. The molecule has 144 valence electrons. The quantitative estimate of drug-likeness (QED) is 0.757. The molecule has 0 saturated heterocycles. The number of aromatic nitrogens is 2. The second-order valence-corrected chi connectivity index (χ2v) is 7.44. The summed E-state index contributed by atoms with van der Waals surface area (Å²) in [5, 5.41) is 11.7. The van der Waals surface area contributed by atoms with Crippen LogP contribution in [0, 0.1) is 5.92 Å². The number of fused-ring (bicyclic) bond motifs is 1. The molecule has 2 aliphatic rings. The Bertz CT molecular complexity index is 863. The molecule has 0 bridgehead atoms. The predicted molar refractivity (Wildman–Crippen MR) is 104 cm³/mol. The van der Waals surface area contributed by atoms with Crippen LogP contribution in [0.25, 0.3) is 0 Å². The third-order valence-electron chi connectivity index (χ3n) is 4.89. The zero-order valence-electron chi connectivity index (χ0n) is 15.0. The molecule has 1 aromatic carbocycles. The molecule has 1 atom stereocenters. The summed E-state index contributed by atoms with van der Waals surface area (Å²) in [5.74, 6) is 2.27. The van der Waals surface area contributed by atoms with Crippen LogP contribution in [0.15, 0.2) is 18.3 Å². The number of hydrogen-bond donors (Lipinski definition) is 1. The molecule has 0 radical (unpaired) electrons. The van der Waals surface area contributed by atoms with Crippen LogP contribution in [0.3, 0.4) is 0 Å². The van der Waals surface area contributed by atoms with Crippen molar-refractivity contribution < 1.29 is 14.6 Å². The Kier molecular flexibility index (Phi) is 4.92. The lowest BCUT2D eigenvalue weighted by Gasteiger charge is -2.43. The molecule has 0 amide bonds. The Hall–Kier alpha value is -1.96. The summed E-state index contributed by atoms with van der Waals surface area (Å²) in [6.45, 7) is 1.07. The van der Waals surface area contributed by atoms with Crippen LogP contribution in [0.2, 0.25) is 10.3 Å². The summed E-state index contributed by atoms with van der Waals surface area (Å²) < 4.78 is 10.7. The van der Waals surface area contributed by atoms with Gasteiger partial charge in [-0.2, -0.15) is 0 Å². The van der Waals surface area contributed by atoms with Crippen LogP contribution in [0.1, 0.15) is 18.4 Å². The number of rotatable bonds is 5. The van der Waals surface area contributed by atoms with Crippen molar-refractivity contribution in [2.45, 2.75) is 25.7 Å². The van der Waals surface area contributed by atoms with Crippen molar-refractivity contribution in [3.63, 3.8) is 0 Å². The first-order chi connectivity index (χ1) is 13.0. The minimum absolute atomic E-state index is 0.163. The normalized spacial score (nSPS) is 19.1. The number of halogens is 2. The van der Waals surface area contributed by atoms with Crippen molar-refractivity contribution in [1.29, 1.82) is 0 Å². The number of nitrogens with zero attached hydrogens (tertiary/aromatic N) is 4. The molecule has 1 aliphatic heterocycles. The second kappa shape index (κ2) is 7.22. The molecule has 2 aromatic rings. The highest BCUT2D eigenvalue weighted by molar-refractivity contribution is 6.34. The van der Waals surface area contributed by atoms with E-state index in [1.54, 1.807) is 37.4 Å². The van der Waals surface area contributed by atoms with E-state index in [1.807, 2.05) is 4.90 Å².